The van der Waals surface area contributed by atoms with Crippen molar-refractivity contribution in [2.75, 3.05) is 13.3 Å². The number of nitrogens with one attached hydrogen (secondary N) is 2. The zero-order valence-corrected chi connectivity index (χ0v) is 19.2. The summed E-state index contributed by atoms with van der Waals surface area (Å²) in [5, 5.41) is 10.6. The fourth-order valence-corrected chi connectivity index (χ4v) is 3.20. The monoisotopic (exact) mass is 506 g/mol. The molecule has 2 rings (SSSR count). The van der Waals surface area contributed by atoms with Crippen molar-refractivity contribution in [3.05, 3.63) is 46.8 Å². The highest BCUT2D eigenvalue weighted by molar-refractivity contribution is 14.0. The van der Waals surface area contributed by atoms with E-state index in [-0.39, 0.29) is 24.0 Å². The van der Waals surface area contributed by atoms with Crippen LogP contribution in [0.2, 0.25) is 0 Å². The SMILES string of the molecule is CCc1noc(CC)c1CNC(=NC)NCc1ccc(S(C)(=O)=O)cc1.I. The lowest BCUT2D eigenvalue weighted by Crippen LogP contribution is -2.36. The van der Waals surface area contributed by atoms with E-state index in [1.165, 1.54) is 6.26 Å². The smallest absolute Gasteiger partial charge is 0.191 e. The van der Waals surface area contributed by atoms with Gasteiger partial charge in [-0.05, 0) is 24.1 Å². The number of nitrogens with zero attached hydrogens (tertiary/aromatic N) is 2. The van der Waals surface area contributed by atoms with Gasteiger partial charge in [-0.15, -0.1) is 24.0 Å². The largest absolute Gasteiger partial charge is 0.361 e. The summed E-state index contributed by atoms with van der Waals surface area (Å²) >= 11 is 0. The average Bonchev–Trinajstić information content (AvgIpc) is 3.03. The topological polar surface area (TPSA) is 96.6 Å². The highest BCUT2D eigenvalue weighted by Crippen LogP contribution is 2.15. The molecule has 27 heavy (non-hydrogen) atoms. The van der Waals surface area contributed by atoms with Crippen molar-refractivity contribution in [2.45, 2.75) is 44.7 Å². The zero-order valence-electron chi connectivity index (χ0n) is 16.1. The molecule has 1 aromatic carbocycles. The number of aromatic nitrogens is 1. The number of benzene rings is 1. The lowest BCUT2D eigenvalue weighted by atomic mass is 10.1. The first-order valence-electron chi connectivity index (χ1n) is 8.58. The fraction of sp³-hybridized carbons (Fsp3) is 0.444. The van der Waals surface area contributed by atoms with Gasteiger partial charge >= 0.3 is 0 Å². The first-order chi connectivity index (χ1) is 12.4. The number of hydrogen-bond donors (Lipinski definition) is 2. The van der Waals surface area contributed by atoms with E-state index in [1.807, 2.05) is 13.8 Å². The summed E-state index contributed by atoms with van der Waals surface area (Å²) in [4.78, 5) is 4.53. The molecule has 0 fully saturated rings. The first-order valence-corrected chi connectivity index (χ1v) is 10.5. The molecule has 0 aliphatic carbocycles. The van der Waals surface area contributed by atoms with Gasteiger partial charge in [-0.2, -0.15) is 0 Å². The number of hydrogen-bond acceptors (Lipinski definition) is 5. The molecule has 0 saturated heterocycles. The van der Waals surface area contributed by atoms with Gasteiger partial charge in [0.1, 0.15) is 5.76 Å². The van der Waals surface area contributed by atoms with E-state index in [1.54, 1.807) is 31.3 Å². The van der Waals surface area contributed by atoms with Crippen LogP contribution in [-0.4, -0.2) is 32.8 Å². The maximum Gasteiger partial charge on any atom is 0.191 e. The molecule has 1 heterocycles. The second-order valence-corrected chi connectivity index (χ2v) is 7.95. The predicted octanol–water partition coefficient (Wildman–Crippen LogP) is 2.69. The number of aliphatic imine (C=N–C) groups is 1. The molecule has 2 aromatic rings. The predicted molar refractivity (Wildman–Crippen MR) is 117 cm³/mol. The van der Waals surface area contributed by atoms with Crippen LogP contribution in [0.1, 0.15) is 36.4 Å². The van der Waals surface area contributed by atoms with E-state index in [0.29, 0.717) is 23.9 Å². The summed E-state index contributed by atoms with van der Waals surface area (Å²) in [7, 11) is -1.47. The van der Waals surface area contributed by atoms with Crippen LogP contribution >= 0.6 is 24.0 Å². The van der Waals surface area contributed by atoms with Gasteiger partial charge in [-0.25, -0.2) is 8.42 Å². The highest BCUT2D eigenvalue weighted by atomic mass is 127. The average molecular weight is 506 g/mol. The molecule has 0 bridgehead atoms. The Morgan fingerprint density at radius 2 is 1.74 bits per heavy atom. The van der Waals surface area contributed by atoms with Gasteiger partial charge in [-0.3, -0.25) is 4.99 Å². The van der Waals surface area contributed by atoms with Crippen molar-refractivity contribution >= 4 is 39.8 Å². The van der Waals surface area contributed by atoms with Crippen LogP contribution in [0.25, 0.3) is 0 Å². The van der Waals surface area contributed by atoms with Crippen LogP contribution in [0, 0.1) is 0 Å². The number of aryl methyl sites for hydroxylation is 2. The molecule has 0 saturated carbocycles. The molecule has 1 aromatic heterocycles. The molecule has 0 amide bonds. The summed E-state index contributed by atoms with van der Waals surface area (Å²) in [5.41, 5.74) is 3.01. The number of sulfone groups is 1. The van der Waals surface area contributed by atoms with Crippen LogP contribution < -0.4 is 10.6 Å². The molecule has 2 N–H and O–H groups in total. The van der Waals surface area contributed by atoms with Gasteiger partial charge in [0, 0.05) is 38.4 Å². The summed E-state index contributed by atoms with van der Waals surface area (Å²) in [6, 6.07) is 6.81. The van der Waals surface area contributed by atoms with Crippen molar-refractivity contribution in [2.24, 2.45) is 4.99 Å². The minimum atomic E-state index is -3.17. The van der Waals surface area contributed by atoms with Crippen molar-refractivity contribution in [1.82, 2.24) is 15.8 Å². The molecule has 7 nitrogen and oxygen atoms in total. The quantitative estimate of drug-likeness (QED) is 0.341. The minimum Gasteiger partial charge on any atom is -0.361 e. The Labute approximate surface area is 178 Å². The van der Waals surface area contributed by atoms with Crippen molar-refractivity contribution in [3.63, 3.8) is 0 Å². The van der Waals surface area contributed by atoms with Crippen molar-refractivity contribution in [1.29, 1.82) is 0 Å². The molecule has 0 spiro atoms. The molecule has 0 atom stereocenters. The second-order valence-electron chi connectivity index (χ2n) is 5.93. The van der Waals surface area contributed by atoms with Gasteiger partial charge in [0.25, 0.3) is 0 Å². The third kappa shape index (κ3) is 6.49. The van der Waals surface area contributed by atoms with Crippen LogP contribution in [0.15, 0.2) is 38.7 Å². The van der Waals surface area contributed by atoms with Gasteiger partial charge in [-0.1, -0.05) is 31.1 Å². The maximum atomic E-state index is 11.5. The molecule has 0 aliphatic heterocycles. The van der Waals surface area contributed by atoms with Gasteiger partial charge < -0.3 is 15.2 Å². The summed E-state index contributed by atoms with van der Waals surface area (Å²) < 4.78 is 28.4. The normalized spacial score (nSPS) is 11.8. The number of rotatable bonds is 7. The van der Waals surface area contributed by atoms with E-state index in [0.717, 1.165) is 35.4 Å². The number of guanidine groups is 1. The third-order valence-electron chi connectivity index (χ3n) is 4.07. The second kappa shape index (κ2) is 10.6. The Morgan fingerprint density at radius 3 is 2.26 bits per heavy atom. The highest BCUT2D eigenvalue weighted by Gasteiger charge is 2.13. The minimum absolute atomic E-state index is 0. The van der Waals surface area contributed by atoms with Gasteiger partial charge in [0.2, 0.25) is 0 Å². The van der Waals surface area contributed by atoms with E-state index < -0.39 is 9.84 Å². The molecule has 9 heteroatoms. The van der Waals surface area contributed by atoms with Crippen LogP contribution in [-0.2, 0) is 35.8 Å². The Hall–Kier alpha value is -1.62. The summed E-state index contributed by atoms with van der Waals surface area (Å²) in [6.07, 6.45) is 2.81. The summed E-state index contributed by atoms with van der Waals surface area (Å²) in [5.74, 6) is 1.55. The Kier molecular flexibility index (Phi) is 9.23. The van der Waals surface area contributed by atoms with Gasteiger partial charge in [0.15, 0.2) is 15.8 Å². The number of halogens is 1. The fourth-order valence-electron chi connectivity index (χ4n) is 2.57. The van der Waals surface area contributed by atoms with Crippen LogP contribution in [0.3, 0.4) is 0 Å². The van der Waals surface area contributed by atoms with Crippen molar-refractivity contribution < 1.29 is 12.9 Å². The molecule has 0 aliphatic rings. The lowest BCUT2D eigenvalue weighted by Gasteiger charge is -2.12. The lowest BCUT2D eigenvalue weighted by molar-refractivity contribution is 0.380. The zero-order chi connectivity index (χ0) is 19.2. The standard InChI is InChI=1S/C18H26N4O3S.HI/c1-5-16-15(17(6-2)25-22-16)12-21-18(19-3)20-11-13-7-9-14(10-8-13)26(4,23)24;/h7-10H,5-6,11-12H2,1-4H3,(H2,19,20,21);1H. The van der Waals surface area contributed by atoms with E-state index >= 15 is 0 Å². The third-order valence-corrected chi connectivity index (χ3v) is 5.20. The van der Waals surface area contributed by atoms with E-state index in [9.17, 15) is 8.42 Å². The van der Waals surface area contributed by atoms with Crippen molar-refractivity contribution in [3.8, 4) is 0 Å². The molecular weight excluding hydrogens is 479 g/mol. The van der Waals surface area contributed by atoms with Gasteiger partial charge in [0.05, 0.1) is 10.6 Å². The molecule has 0 radical (unpaired) electrons. The Morgan fingerprint density at radius 1 is 1.11 bits per heavy atom. The van der Waals surface area contributed by atoms with E-state index in [2.05, 4.69) is 20.8 Å². The molecule has 150 valence electrons. The first kappa shape index (κ1) is 23.4. The summed E-state index contributed by atoms with van der Waals surface area (Å²) in [6.45, 7) is 5.21. The van der Waals surface area contributed by atoms with E-state index in [4.69, 9.17) is 4.52 Å². The Bertz CT molecular complexity index is 840. The van der Waals surface area contributed by atoms with Crippen LogP contribution in [0.5, 0.6) is 0 Å². The maximum absolute atomic E-state index is 11.5. The molecule has 0 unspecified atom stereocenters. The molecular formula is C18H27IN4O3S. The van der Waals surface area contributed by atoms with Crippen LogP contribution in [0.4, 0.5) is 0 Å². The Balaban J connectivity index is 0.00000364.